The van der Waals surface area contributed by atoms with Crippen molar-refractivity contribution in [2.45, 2.75) is 38.8 Å². The summed E-state index contributed by atoms with van der Waals surface area (Å²) in [5, 5.41) is 5.60. The summed E-state index contributed by atoms with van der Waals surface area (Å²) in [6.45, 7) is 4.05. The average molecular weight is 381 g/mol. The Morgan fingerprint density at radius 3 is 2.70 bits per heavy atom. The Labute approximate surface area is 133 Å². The minimum absolute atomic E-state index is 0.271. The molecule has 1 N–H and O–H groups in total. The maximum atomic E-state index is 12.0. The SMILES string of the molecule is CCCS(=O)(=O)N1CCC(NCc2sccc2Br)CC1. The van der Waals surface area contributed by atoms with Crippen molar-refractivity contribution >= 4 is 37.3 Å². The monoisotopic (exact) mass is 380 g/mol. The van der Waals surface area contributed by atoms with Crippen molar-refractivity contribution in [2.24, 2.45) is 0 Å². The molecule has 1 aromatic rings. The van der Waals surface area contributed by atoms with Crippen LogP contribution in [0, 0.1) is 0 Å². The third-order valence-electron chi connectivity index (χ3n) is 3.55. The topological polar surface area (TPSA) is 49.4 Å². The van der Waals surface area contributed by atoms with Gasteiger partial charge in [0.15, 0.2) is 0 Å². The predicted molar refractivity (Wildman–Crippen MR) is 87.5 cm³/mol. The van der Waals surface area contributed by atoms with Gasteiger partial charge in [-0.25, -0.2) is 12.7 Å². The zero-order valence-corrected chi connectivity index (χ0v) is 14.9. The highest BCUT2D eigenvalue weighted by atomic mass is 79.9. The maximum absolute atomic E-state index is 12.0. The van der Waals surface area contributed by atoms with Crippen LogP contribution < -0.4 is 5.32 Å². The quantitative estimate of drug-likeness (QED) is 0.825. The molecule has 2 rings (SSSR count). The number of piperidine rings is 1. The molecule has 1 saturated heterocycles. The molecule has 1 fully saturated rings. The van der Waals surface area contributed by atoms with Crippen LogP contribution in [-0.4, -0.2) is 37.6 Å². The van der Waals surface area contributed by atoms with Gasteiger partial charge in [-0.2, -0.15) is 0 Å². The van der Waals surface area contributed by atoms with Crippen LogP contribution in [-0.2, 0) is 16.6 Å². The standard InChI is InChI=1S/C13H21BrN2O2S2/c1-2-9-20(17,18)16-6-3-11(4-7-16)15-10-13-12(14)5-8-19-13/h5,8,11,15H,2-4,6-7,9-10H2,1H3. The van der Waals surface area contributed by atoms with E-state index >= 15 is 0 Å². The molecule has 7 heteroatoms. The number of halogens is 1. The van der Waals surface area contributed by atoms with Crippen LogP contribution in [0.1, 0.15) is 31.1 Å². The first-order valence-corrected chi connectivity index (χ1v) is 10.2. The molecule has 0 aromatic carbocycles. The number of hydrogen-bond acceptors (Lipinski definition) is 4. The summed E-state index contributed by atoms with van der Waals surface area (Å²) < 4.78 is 26.8. The second-order valence-corrected chi connectivity index (χ2v) is 9.01. The molecule has 1 aromatic heterocycles. The Morgan fingerprint density at radius 1 is 1.45 bits per heavy atom. The summed E-state index contributed by atoms with van der Waals surface area (Å²) in [4.78, 5) is 1.30. The maximum Gasteiger partial charge on any atom is 0.214 e. The zero-order valence-electron chi connectivity index (χ0n) is 11.6. The van der Waals surface area contributed by atoms with Crippen molar-refractivity contribution in [3.63, 3.8) is 0 Å². The Hall–Kier alpha value is 0.0500. The molecule has 0 saturated carbocycles. The van der Waals surface area contributed by atoms with Gasteiger partial charge in [0.25, 0.3) is 0 Å². The van der Waals surface area contributed by atoms with E-state index in [0.717, 1.165) is 23.9 Å². The Bertz CT molecular complexity index is 522. The number of nitrogens with zero attached hydrogens (tertiary/aromatic N) is 1. The van der Waals surface area contributed by atoms with E-state index in [0.29, 0.717) is 25.6 Å². The third kappa shape index (κ3) is 4.27. The van der Waals surface area contributed by atoms with Crippen molar-refractivity contribution in [2.75, 3.05) is 18.8 Å². The predicted octanol–water partition coefficient (Wildman–Crippen LogP) is 2.80. The van der Waals surface area contributed by atoms with Gasteiger partial charge in [0, 0.05) is 35.0 Å². The number of hydrogen-bond donors (Lipinski definition) is 1. The van der Waals surface area contributed by atoms with Crippen LogP contribution in [0.5, 0.6) is 0 Å². The van der Waals surface area contributed by atoms with E-state index in [1.165, 1.54) is 4.88 Å². The van der Waals surface area contributed by atoms with Crippen LogP contribution in [0.15, 0.2) is 15.9 Å². The van der Waals surface area contributed by atoms with Gasteiger partial charge in [0.2, 0.25) is 10.0 Å². The minimum atomic E-state index is -3.02. The molecular formula is C13H21BrN2O2S2. The summed E-state index contributed by atoms with van der Waals surface area (Å²) in [5.41, 5.74) is 0. The van der Waals surface area contributed by atoms with E-state index in [9.17, 15) is 8.42 Å². The van der Waals surface area contributed by atoms with E-state index in [2.05, 4.69) is 32.7 Å². The van der Waals surface area contributed by atoms with Crippen molar-refractivity contribution in [3.05, 3.63) is 20.8 Å². The molecule has 20 heavy (non-hydrogen) atoms. The van der Waals surface area contributed by atoms with Crippen LogP contribution in [0.2, 0.25) is 0 Å². The van der Waals surface area contributed by atoms with Gasteiger partial charge in [-0.1, -0.05) is 6.92 Å². The molecule has 1 aliphatic heterocycles. The number of thiophene rings is 1. The first-order chi connectivity index (χ1) is 9.53. The summed E-state index contributed by atoms with van der Waals surface area (Å²) >= 11 is 5.26. The molecule has 2 heterocycles. The van der Waals surface area contributed by atoms with Gasteiger partial charge in [-0.05, 0) is 46.6 Å². The summed E-state index contributed by atoms with van der Waals surface area (Å²) in [5.74, 6) is 0.271. The normalized spacial score (nSPS) is 18.5. The van der Waals surface area contributed by atoms with Gasteiger partial charge >= 0.3 is 0 Å². The van der Waals surface area contributed by atoms with Gasteiger partial charge in [0.1, 0.15) is 0 Å². The molecule has 0 spiro atoms. The molecule has 0 bridgehead atoms. The largest absolute Gasteiger partial charge is 0.309 e. The van der Waals surface area contributed by atoms with Gasteiger partial charge in [-0.15, -0.1) is 11.3 Å². The van der Waals surface area contributed by atoms with E-state index < -0.39 is 10.0 Å². The molecule has 1 aliphatic rings. The first-order valence-electron chi connectivity index (χ1n) is 6.96. The van der Waals surface area contributed by atoms with Gasteiger partial charge in [-0.3, -0.25) is 0 Å². The fourth-order valence-electron chi connectivity index (χ4n) is 2.41. The highest BCUT2D eigenvalue weighted by Gasteiger charge is 2.27. The first kappa shape index (κ1) is 16.4. The van der Waals surface area contributed by atoms with Crippen molar-refractivity contribution in [3.8, 4) is 0 Å². The van der Waals surface area contributed by atoms with E-state index in [1.54, 1.807) is 15.6 Å². The molecule has 0 radical (unpaired) electrons. The molecule has 0 amide bonds. The highest BCUT2D eigenvalue weighted by Crippen LogP contribution is 2.23. The van der Waals surface area contributed by atoms with Gasteiger partial charge in [0.05, 0.1) is 5.75 Å². The fourth-order valence-corrected chi connectivity index (χ4v) is 5.40. The third-order valence-corrected chi connectivity index (χ3v) is 7.55. The van der Waals surface area contributed by atoms with Crippen molar-refractivity contribution < 1.29 is 8.42 Å². The summed E-state index contributed by atoms with van der Waals surface area (Å²) in [6.07, 6.45) is 2.48. The zero-order chi connectivity index (χ0) is 14.6. The van der Waals surface area contributed by atoms with E-state index in [1.807, 2.05) is 6.92 Å². The average Bonchev–Trinajstić information content (AvgIpc) is 2.82. The van der Waals surface area contributed by atoms with Crippen LogP contribution in [0.25, 0.3) is 0 Å². The minimum Gasteiger partial charge on any atom is -0.309 e. The highest BCUT2D eigenvalue weighted by molar-refractivity contribution is 9.10. The second kappa shape index (κ2) is 7.35. The van der Waals surface area contributed by atoms with Crippen molar-refractivity contribution in [1.82, 2.24) is 9.62 Å². The number of rotatable bonds is 6. The lowest BCUT2D eigenvalue weighted by atomic mass is 10.1. The van der Waals surface area contributed by atoms with Gasteiger partial charge < -0.3 is 5.32 Å². The summed E-state index contributed by atoms with van der Waals surface area (Å²) in [7, 11) is -3.02. The summed E-state index contributed by atoms with van der Waals surface area (Å²) in [6, 6.07) is 2.47. The number of sulfonamides is 1. The molecule has 114 valence electrons. The molecular weight excluding hydrogens is 360 g/mol. The Balaban J connectivity index is 1.79. The van der Waals surface area contributed by atoms with E-state index in [-0.39, 0.29) is 5.75 Å². The van der Waals surface area contributed by atoms with Crippen molar-refractivity contribution in [1.29, 1.82) is 0 Å². The molecule has 0 aliphatic carbocycles. The van der Waals surface area contributed by atoms with Crippen LogP contribution in [0.3, 0.4) is 0 Å². The second-order valence-electron chi connectivity index (χ2n) is 5.06. The molecule has 0 atom stereocenters. The van der Waals surface area contributed by atoms with Crippen LogP contribution in [0.4, 0.5) is 0 Å². The lowest BCUT2D eigenvalue weighted by Crippen LogP contribution is -2.45. The molecule has 0 unspecified atom stereocenters. The molecule has 4 nitrogen and oxygen atoms in total. The lowest BCUT2D eigenvalue weighted by molar-refractivity contribution is 0.289. The Morgan fingerprint density at radius 2 is 2.15 bits per heavy atom. The lowest BCUT2D eigenvalue weighted by Gasteiger charge is -2.31. The smallest absolute Gasteiger partial charge is 0.214 e. The Kier molecular flexibility index (Phi) is 6.04. The van der Waals surface area contributed by atoms with Crippen LogP contribution >= 0.6 is 27.3 Å². The van der Waals surface area contributed by atoms with E-state index in [4.69, 9.17) is 0 Å². The fraction of sp³-hybridized carbons (Fsp3) is 0.692. The number of nitrogens with one attached hydrogen (secondary N) is 1.